The highest BCUT2D eigenvalue weighted by Crippen LogP contribution is 2.29. The number of methoxy groups -OCH3 is 1. The topological polar surface area (TPSA) is 38.3 Å². The molecule has 88 valence electrons. The van der Waals surface area contributed by atoms with Crippen LogP contribution in [0.3, 0.4) is 0 Å². The van der Waals surface area contributed by atoms with E-state index in [-0.39, 0.29) is 5.91 Å². The summed E-state index contributed by atoms with van der Waals surface area (Å²) in [6.45, 7) is 0. The summed E-state index contributed by atoms with van der Waals surface area (Å²) in [5.74, 6) is 0.660. The summed E-state index contributed by atoms with van der Waals surface area (Å²) in [5.41, 5.74) is 2.59. The van der Waals surface area contributed by atoms with Crippen molar-refractivity contribution in [1.82, 2.24) is 5.32 Å². The lowest BCUT2D eigenvalue weighted by atomic mass is 10.0. The van der Waals surface area contributed by atoms with Crippen molar-refractivity contribution in [2.75, 3.05) is 14.2 Å². The molecular formula is C13H13NO2S. The maximum Gasteiger partial charge on any atom is 0.251 e. The molecule has 1 aromatic heterocycles. The molecule has 1 aromatic carbocycles. The third-order valence-corrected chi connectivity index (χ3v) is 3.21. The van der Waals surface area contributed by atoms with Crippen molar-refractivity contribution in [2.24, 2.45) is 0 Å². The molecule has 0 aliphatic rings. The van der Waals surface area contributed by atoms with Crippen LogP contribution >= 0.6 is 11.3 Å². The second-order valence-electron chi connectivity index (χ2n) is 3.50. The lowest BCUT2D eigenvalue weighted by Gasteiger charge is -2.09. The quantitative estimate of drug-likeness (QED) is 0.905. The van der Waals surface area contributed by atoms with Gasteiger partial charge in [0.15, 0.2) is 0 Å². The highest BCUT2D eigenvalue weighted by Gasteiger charge is 2.12. The minimum atomic E-state index is -0.0890. The Morgan fingerprint density at radius 2 is 2.18 bits per heavy atom. The molecule has 0 unspecified atom stereocenters. The van der Waals surface area contributed by atoms with Gasteiger partial charge >= 0.3 is 0 Å². The van der Waals surface area contributed by atoms with Crippen LogP contribution in [0, 0.1) is 0 Å². The first-order valence-corrected chi connectivity index (χ1v) is 6.13. The predicted octanol–water partition coefficient (Wildman–Crippen LogP) is 2.78. The highest BCUT2D eigenvalue weighted by molar-refractivity contribution is 7.08. The van der Waals surface area contributed by atoms with Crippen LogP contribution in [0.5, 0.6) is 5.75 Å². The van der Waals surface area contributed by atoms with Gasteiger partial charge in [-0.05, 0) is 46.2 Å². The molecule has 0 atom stereocenters. The SMILES string of the molecule is CNC(=O)c1ccc(OC)cc1-c1ccsc1. The minimum absolute atomic E-state index is 0.0890. The van der Waals surface area contributed by atoms with Crippen molar-refractivity contribution in [3.05, 3.63) is 40.6 Å². The third-order valence-electron chi connectivity index (χ3n) is 2.53. The summed E-state index contributed by atoms with van der Waals surface area (Å²) >= 11 is 1.60. The molecule has 0 fully saturated rings. The number of thiophene rings is 1. The maximum absolute atomic E-state index is 11.8. The van der Waals surface area contributed by atoms with Gasteiger partial charge in [0.2, 0.25) is 0 Å². The Labute approximate surface area is 104 Å². The predicted molar refractivity (Wildman–Crippen MR) is 69.7 cm³/mol. The van der Waals surface area contributed by atoms with Gasteiger partial charge in [0.1, 0.15) is 5.75 Å². The van der Waals surface area contributed by atoms with Crippen molar-refractivity contribution in [1.29, 1.82) is 0 Å². The smallest absolute Gasteiger partial charge is 0.251 e. The van der Waals surface area contributed by atoms with Crippen LogP contribution in [-0.2, 0) is 0 Å². The van der Waals surface area contributed by atoms with Gasteiger partial charge in [-0.2, -0.15) is 11.3 Å². The van der Waals surface area contributed by atoms with Crippen molar-refractivity contribution >= 4 is 17.2 Å². The Balaban J connectivity index is 2.56. The summed E-state index contributed by atoms with van der Waals surface area (Å²) in [6.07, 6.45) is 0. The molecule has 0 saturated carbocycles. The normalized spacial score (nSPS) is 10.0. The van der Waals surface area contributed by atoms with E-state index in [4.69, 9.17) is 4.74 Å². The molecule has 1 N–H and O–H groups in total. The molecule has 0 bridgehead atoms. The van der Waals surface area contributed by atoms with E-state index in [0.717, 1.165) is 16.9 Å². The molecule has 0 aliphatic heterocycles. The van der Waals surface area contributed by atoms with E-state index in [1.165, 1.54) is 0 Å². The first-order chi connectivity index (χ1) is 8.26. The Morgan fingerprint density at radius 1 is 1.35 bits per heavy atom. The highest BCUT2D eigenvalue weighted by atomic mass is 32.1. The minimum Gasteiger partial charge on any atom is -0.497 e. The Bertz CT molecular complexity index is 520. The molecule has 2 aromatic rings. The summed E-state index contributed by atoms with van der Waals surface area (Å²) in [7, 11) is 3.25. The van der Waals surface area contributed by atoms with Gasteiger partial charge in [-0.25, -0.2) is 0 Å². The number of nitrogens with one attached hydrogen (secondary N) is 1. The van der Waals surface area contributed by atoms with E-state index in [2.05, 4.69) is 5.32 Å². The molecule has 1 heterocycles. The van der Waals surface area contributed by atoms with E-state index in [9.17, 15) is 4.79 Å². The van der Waals surface area contributed by atoms with Crippen molar-refractivity contribution in [3.8, 4) is 16.9 Å². The van der Waals surface area contributed by atoms with Crippen LogP contribution in [-0.4, -0.2) is 20.1 Å². The van der Waals surface area contributed by atoms with Gasteiger partial charge in [0.05, 0.1) is 7.11 Å². The number of amides is 1. The average molecular weight is 247 g/mol. The summed E-state index contributed by atoms with van der Waals surface area (Å²) in [6, 6.07) is 7.45. The Morgan fingerprint density at radius 3 is 2.76 bits per heavy atom. The first-order valence-electron chi connectivity index (χ1n) is 5.19. The van der Waals surface area contributed by atoms with E-state index in [1.54, 1.807) is 37.6 Å². The van der Waals surface area contributed by atoms with Crippen molar-refractivity contribution in [3.63, 3.8) is 0 Å². The molecule has 17 heavy (non-hydrogen) atoms. The molecule has 4 heteroatoms. The molecule has 0 spiro atoms. The number of hydrogen-bond acceptors (Lipinski definition) is 3. The van der Waals surface area contributed by atoms with E-state index in [0.29, 0.717) is 5.56 Å². The fourth-order valence-corrected chi connectivity index (χ4v) is 2.30. The number of benzene rings is 1. The Hall–Kier alpha value is -1.81. The molecule has 1 amide bonds. The van der Waals surface area contributed by atoms with Gasteiger partial charge in [-0.1, -0.05) is 0 Å². The number of carbonyl (C=O) groups excluding carboxylic acids is 1. The molecule has 2 rings (SSSR count). The summed E-state index contributed by atoms with van der Waals surface area (Å²) < 4.78 is 5.19. The summed E-state index contributed by atoms with van der Waals surface area (Å²) in [5, 5.41) is 6.65. The van der Waals surface area contributed by atoms with Crippen LogP contribution in [0.25, 0.3) is 11.1 Å². The zero-order valence-electron chi connectivity index (χ0n) is 9.69. The summed E-state index contributed by atoms with van der Waals surface area (Å²) in [4.78, 5) is 11.8. The average Bonchev–Trinajstić information content (AvgIpc) is 2.91. The van der Waals surface area contributed by atoms with Crippen molar-refractivity contribution < 1.29 is 9.53 Å². The van der Waals surface area contributed by atoms with Gasteiger partial charge in [0, 0.05) is 12.6 Å². The van der Waals surface area contributed by atoms with Crippen LogP contribution in [0.4, 0.5) is 0 Å². The fourth-order valence-electron chi connectivity index (χ4n) is 1.64. The van der Waals surface area contributed by atoms with E-state index < -0.39 is 0 Å². The number of ether oxygens (including phenoxy) is 1. The second kappa shape index (κ2) is 5.01. The fraction of sp³-hybridized carbons (Fsp3) is 0.154. The van der Waals surface area contributed by atoms with Gasteiger partial charge in [-0.3, -0.25) is 4.79 Å². The maximum atomic E-state index is 11.8. The lowest BCUT2D eigenvalue weighted by Crippen LogP contribution is -2.18. The zero-order valence-corrected chi connectivity index (χ0v) is 10.5. The lowest BCUT2D eigenvalue weighted by molar-refractivity contribution is 0.0963. The zero-order chi connectivity index (χ0) is 12.3. The molecular weight excluding hydrogens is 234 g/mol. The van der Waals surface area contributed by atoms with Crippen LogP contribution in [0.2, 0.25) is 0 Å². The van der Waals surface area contributed by atoms with Gasteiger partial charge in [0.25, 0.3) is 5.91 Å². The van der Waals surface area contributed by atoms with Crippen molar-refractivity contribution in [2.45, 2.75) is 0 Å². The largest absolute Gasteiger partial charge is 0.497 e. The van der Waals surface area contributed by atoms with Crippen LogP contribution in [0.15, 0.2) is 35.0 Å². The Kier molecular flexibility index (Phi) is 3.44. The molecule has 0 radical (unpaired) electrons. The van der Waals surface area contributed by atoms with E-state index >= 15 is 0 Å². The van der Waals surface area contributed by atoms with Gasteiger partial charge < -0.3 is 10.1 Å². The van der Waals surface area contributed by atoms with Gasteiger partial charge in [-0.15, -0.1) is 0 Å². The third kappa shape index (κ3) is 2.31. The molecule has 0 aliphatic carbocycles. The number of rotatable bonds is 3. The number of hydrogen-bond donors (Lipinski definition) is 1. The van der Waals surface area contributed by atoms with E-state index in [1.807, 2.05) is 22.9 Å². The van der Waals surface area contributed by atoms with Crippen LogP contribution < -0.4 is 10.1 Å². The second-order valence-corrected chi connectivity index (χ2v) is 4.28. The monoisotopic (exact) mass is 247 g/mol. The molecule has 0 saturated heterocycles. The first kappa shape index (κ1) is 11.7. The standard InChI is InChI=1S/C13H13NO2S/c1-14-13(15)11-4-3-10(16-2)7-12(11)9-5-6-17-8-9/h3-8H,1-2H3,(H,14,15). The van der Waals surface area contributed by atoms with Crippen LogP contribution in [0.1, 0.15) is 10.4 Å². The molecule has 3 nitrogen and oxygen atoms in total. The number of carbonyl (C=O) groups is 1.